The van der Waals surface area contributed by atoms with Crippen LogP contribution in [0.1, 0.15) is 11.1 Å². The van der Waals surface area contributed by atoms with Crippen LogP contribution >= 0.6 is 23.2 Å². The molecule has 3 aromatic rings. The third-order valence-electron chi connectivity index (χ3n) is 3.69. The Kier molecular flexibility index (Phi) is 5.65. The zero-order chi connectivity index (χ0) is 18.5. The molecule has 0 aliphatic rings. The van der Waals surface area contributed by atoms with Gasteiger partial charge in [-0.1, -0.05) is 47.5 Å². The van der Waals surface area contributed by atoms with E-state index in [0.29, 0.717) is 29.1 Å². The van der Waals surface area contributed by atoms with E-state index in [0.717, 1.165) is 11.1 Å². The Bertz CT molecular complexity index is 837. The van der Waals surface area contributed by atoms with E-state index < -0.39 is 4.92 Å². The van der Waals surface area contributed by atoms with E-state index in [4.69, 9.17) is 23.2 Å². The van der Waals surface area contributed by atoms with Gasteiger partial charge >= 0.3 is 5.69 Å². The van der Waals surface area contributed by atoms with Crippen LogP contribution in [0.3, 0.4) is 0 Å². The number of nitrogens with zero attached hydrogens (tertiary/aromatic N) is 4. The molecule has 3 rings (SSSR count). The molecule has 0 atom stereocenters. The second-order valence-corrected chi connectivity index (χ2v) is 6.48. The van der Waals surface area contributed by atoms with Crippen molar-refractivity contribution in [2.24, 2.45) is 0 Å². The van der Waals surface area contributed by atoms with Crippen molar-refractivity contribution in [1.29, 1.82) is 0 Å². The van der Waals surface area contributed by atoms with Gasteiger partial charge in [-0.2, -0.15) is 0 Å². The summed E-state index contributed by atoms with van der Waals surface area (Å²) in [5, 5.41) is 12.1. The Morgan fingerprint density at radius 2 is 1.27 bits per heavy atom. The van der Waals surface area contributed by atoms with Crippen LogP contribution in [0.25, 0.3) is 0 Å². The summed E-state index contributed by atoms with van der Waals surface area (Å²) in [5.74, 6) is 0.403. The maximum atomic E-state index is 10.8. The fourth-order valence-electron chi connectivity index (χ4n) is 2.39. The third-order valence-corrected chi connectivity index (χ3v) is 4.20. The minimum absolute atomic E-state index is 0.147. The van der Waals surface area contributed by atoms with Gasteiger partial charge in [-0.25, -0.2) is 9.97 Å². The van der Waals surface area contributed by atoms with Crippen LogP contribution < -0.4 is 4.90 Å². The summed E-state index contributed by atoms with van der Waals surface area (Å²) in [6.45, 7) is 1.05. The molecule has 26 heavy (non-hydrogen) atoms. The summed E-state index contributed by atoms with van der Waals surface area (Å²) < 4.78 is 0. The normalized spacial score (nSPS) is 10.5. The second-order valence-electron chi connectivity index (χ2n) is 5.61. The molecular formula is C18H14Cl2N4O2. The topological polar surface area (TPSA) is 72.2 Å². The molecule has 8 heteroatoms. The maximum Gasteiger partial charge on any atom is 0.305 e. The highest BCUT2D eigenvalue weighted by Crippen LogP contribution is 2.20. The van der Waals surface area contributed by atoms with E-state index in [2.05, 4.69) is 9.97 Å². The number of hydrogen-bond donors (Lipinski definition) is 0. The average Bonchev–Trinajstić information content (AvgIpc) is 2.65. The third kappa shape index (κ3) is 4.68. The van der Waals surface area contributed by atoms with Crippen molar-refractivity contribution in [3.8, 4) is 0 Å². The Morgan fingerprint density at radius 1 is 0.846 bits per heavy atom. The van der Waals surface area contributed by atoms with Gasteiger partial charge < -0.3 is 4.90 Å². The quantitative estimate of drug-likeness (QED) is 0.443. The summed E-state index contributed by atoms with van der Waals surface area (Å²) in [5.41, 5.74) is 1.89. The minimum Gasteiger partial charge on any atom is -0.332 e. The molecule has 1 heterocycles. The van der Waals surface area contributed by atoms with E-state index in [1.165, 1.54) is 12.4 Å². The standard InChI is InChI=1S/C18H14Cl2N4O2/c19-15-5-1-13(2-6-15)11-23(12-14-3-7-16(20)8-4-14)18-21-9-17(10-22-18)24(25)26/h1-10H,11-12H2. The molecule has 2 aromatic carbocycles. The minimum atomic E-state index is -0.521. The summed E-state index contributed by atoms with van der Waals surface area (Å²) in [4.78, 5) is 20.5. The molecule has 0 amide bonds. The smallest absolute Gasteiger partial charge is 0.305 e. The molecule has 0 aliphatic carbocycles. The maximum absolute atomic E-state index is 10.8. The van der Waals surface area contributed by atoms with Gasteiger partial charge in [0.2, 0.25) is 5.95 Å². The average molecular weight is 389 g/mol. The van der Waals surface area contributed by atoms with Crippen molar-refractivity contribution in [1.82, 2.24) is 9.97 Å². The number of aromatic nitrogens is 2. The molecule has 0 N–H and O–H groups in total. The van der Waals surface area contributed by atoms with E-state index >= 15 is 0 Å². The van der Waals surface area contributed by atoms with E-state index in [1.807, 2.05) is 53.4 Å². The molecule has 0 bridgehead atoms. The van der Waals surface area contributed by atoms with Crippen LogP contribution in [0.15, 0.2) is 60.9 Å². The van der Waals surface area contributed by atoms with Gasteiger partial charge in [-0.05, 0) is 35.4 Å². The van der Waals surface area contributed by atoms with Gasteiger partial charge in [-0.15, -0.1) is 0 Å². The highest BCUT2D eigenvalue weighted by Gasteiger charge is 2.14. The molecule has 0 saturated heterocycles. The number of nitro groups is 1. The van der Waals surface area contributed by atoms with Crippen LogP contribution in [0.4, 0.5) is 11.6 Å². The molecular weight excluding hydrogens is 375 g/mol. The van der Waals surface area contributed by atoms with Crippen LogP contribution in [0.2, 0.25) is 10.0 Å². The monoisotopic (exact) mass is 388 g/mol. The molecule has 1 aromatic heterocycles. The summed E-state index contributed by atoms with van der Waals surface area (Å²) in [6, 6.07) is 14.9. The van der Waals surface area contributed by atoms with Gasteiger partial charge in [0.15, 0.2) is 0 Å². The van der Waals surface area contributed by atoms with Crippen molar-refractivity contribution >= 4 is 34.8 Å². The van der Waals surface area contributed by atoms with Crippen molar-refractivity contribution in [3.63, 3.8) is 0 Å². The Balaban J connectivity index is 1.87. The number of hydrogen-bond acceptors (Lipinski definition) is 5. The lowest BCUT2D eigenvalue weighted by molar-refractivity contribution is -0.385. The molecule has 0 unspecified atom stereocenters. The van der Waals surface area contributed by atoms with Crippen LogP contribution in [0, 0.1) is 10.1 Å². The lowest BCUT2D eigenvalue weighted by Crippen LogP contribution is -2.24. The summed E-state index contributed by atoms with van der Waals surface area (Å²) >= 11 is 11.9. The fraction of sp³-hybridized carbons (Fsp3) is 0.111. The first-order valence-electron chi connectivity index (χ1n) is 7.71. The molecule has 132 valence electrons. The highest BCUT2D eigenvalue weighted by atomic mass is 35.5. The van der Waals surface area contributed by atoms with Crippen molar-refractivity contribution < 1.29 is 4.92 Å². The van der Waals surface area contributed by atoms with E-state index in [-0.39, 0.29) is 5.69 Å². The number of halogens is 2. The Hall–Kier alpha value is -2.70. The molecule has 0 spiro atoms. The summed E-state index contributed by atoms with van der Waals surface area (Å²) in [7, 11) is 0. The Labute approximate surface area is 160 Å². The van der Waals surface area contributed by atoms with Crippen LogP contribution in [-0.2, 0) is 13.1 Å². The Morgan fingerprint density at radius 3 is 1.65 bits per heavy atom. The van der Waals surface area contributed by atoms with Gasteiger partial charge in [0.05, 0.1) is 4.92 Å². The lowest BCUT2D eigenvalue weighted by atomic mass is 10.2. The van der Waals surface area contributed by atoms with Gasteiger partial charge in [0.1, 0.15) is 12.4 Å². The zero-order valence-electron chi connectivity index (χ0n) is 13.5. The van der Waals surface area contributed by atoms with Crippen LogP contribution in [-0.4, -0.2) is 14.9 Å². The first kappa shape index (κ1) is 18.1. The van der Waals surface area contributed by atoms with Gasteiger partial charge in [0.25, 0.3) is 0 Å². The lowest BCUT2D eigenvalue weighted by Gasteiger charge is -2.22. The largest absolute Gasteiger partial charge is 0.332 e. The van der Waals surface area contributed by atoms with E-state index in [1.54, 1.807) is 0 Å². The van der Waals surface area contributed by atoms with Gasteiger partial charge in [0, 0.05) is 23.1 Å². The van der Waals surface area contributed by atoms with E-state index in [9.17, 15) is 10.1 Å². The summed E-state index contributed by atoms with van der Waals surface area (Å²) in [6.07, 6.45) is 2.41. The molecule has 0 fully saturated rings. The predicted octanol–water partition coefficient (Wildman–Crippen LogP) is 4.90. The second kappa shape index (κ2) is 8.12. The molecule has 6 nitrogen and oxygen atoms in total. The highest BCUT2D eigenvalue weighted by molar-refractivity contribution is 6.30. The van der Waals surface area contributed by atoms with Crippen molar-refractivity contribution in [3.05, 3.63) is 92.2 Å². The van der Waals surface area contributed by atoms with Crippen molar-refractivity contribution in [2.45, 2.75) is 13.1 Å². The zero-order valence-corrected chi connectivity index (χ0v) is 15.1. The first-order chi connectivity index (χ1) is 12.5. The first-order valence-corrected chi connectivity index (χ1v) is 8.47. The number of anilines is 1. The number of benzene rings is 2. The molecule has 0 saturated carbocycles. The SMILES string of the molecule is O=[N+]([O-])c1cnc(N(Cc2ccc(Cl)cc2)Cc2ccc(Cl)cc2)nc1. The van der Waals surface area contributed by atoms with Gasteiger partial charge in [-0.3, -0.25) is 10.1 Å². The molecule has 0 aliphatic heterocycles. The fourth-order valence-corrected chi connectivity index (χ4v) is 2.64. The predicted molar refractivity (Wildman–Crippen MR) is 101 cm³/mol. The van der Waals surface area contributed by atoms with Crippen LogP contribution in [0.5, 0.6) is 0 Å². The molecule has 0 radical (unpaired) electrons. The van der Waals surface area contributed by atoms with Crippen molar-refractivity contribution in [2.75, 3.05) is 4.90 Å². The number of rotatable bonds is 6.